The molecule has 1 N–H and O–H groups in total. The third kappa shape index (κ3) is 3.84. The summed E-state index contributed by atoms with van der Waals surface area (Å²) < 4.78 is 24.5. The van der Waals surface area contributed by atoms with Crippen molar-refractivity contribution < 1.29 is 18.3 Å². The van der Waals surface area contributed by atoms with Gasteiger partial charge in [0.05, 0.1) is 22.1 Å². The maximum Gasteiger partial charge on any atom is 0.311 e. The van der Waals surface area contributed by atoms with Gasteiger partial charge in [-0.15, -0.1) is 0 Å². The molecule has 10 heteroatoms. The quantitative estimate of drug-likeness (QED) is 0.753. The summed E-state index contributed by atoms with van der Waals surface area (Å²) in [5, 5.41) is 10.6. The Morgan fingerprint density at radius 3 is 2.87 bits per heavy atom. The smallest absolute Gasteiger partial charge is 0.311 e. The second kappa shape index (κ2) is 7.84. The molecule has 1 unspecified atom stereocenters. The van der Waals surface area contributed by atoms with Gasteiger partial charge in [0.1, 0.15) is 6.54 Å². The van der Waals surface area contributed by atoms with E-state index in [2.05, 4.69) is 4.99 Å². The molecule has 4 rings (SSSR count). The van der Waals surface area contributed by atoms with Gasteiger partial charge in [-0.25, -0.2) is 8.42 Å². The molecule has 3 heterocycles. The lowest BCUT2D eigenvalue weighted by molar-refractivity contribution is -0.133. The molecule has 1 aromatic heterocycles. The summed E-state index contributed by atoms with van der Waals surface area (Å²) in [6.07, 6.45) is 3.74. The minimum atomic E-state index is -3.14. The molecule has 0 saturated carbocycles. The first-order valence-corrected chi connectivity index (χ1v) is 12.2. The van der Waals surface area contributed by atoms with Crippen LogP contribution in [0.4, 0.5) is 5.69 Å². The van der Waals surface area contributed by atoms with Gasteiger partial charge in [-0.05, 0) is 25.5 Å². The molecule has 1 saturated heterocycles. The van der Waals surface area contributed by atoms with E-state index in [1.165, 1.54) is 4.90 Å². The fourth-order valence-electron chi connectivity index (χ4n) is 3.83. The van der Waals surface area contributed by atoms with Crippen molar-refractivity contribution in [2.75, 3.05) is 18.1 Å². The average Bonchev–Trinajstić information content (AvgIpc) is 3.35. The zero-order chi connectivity index (χ0) is 21.5. The van der Waals surface area contributed by atoms with Crippen LogP contribution in [0.2, 0.25) is 0 Å². The van der Waals surface area contributed by atoms with Crippen LogP contribution in [0.3, 0.4) is 0 Å². The van der Waals surface area contributed by atoms with Crippen LogP contribution in [0.15, 0.2) is 34.1 Å². The molecule has 2 aliphatic rings. The van der Waals surface area contributed by atoms with Crippen molar-refractivity contribution in [3.8, 4) is 5.88 Å². The van der Waals surface area contributed by atoms with Crippen molar-refractivity contribution in [2.45, 2.75) is 25.9 Å². The van der Waals surface area contributed by atoms with Crippen LogP contribution in [0, 0.1) is 0 Å². The minimum absolute atomic E-state index is 0.0614. The van der Waals surface area contributed by atoms with Crippen LogP contribution in [-0.4, -0.2) is 59.2 Å². The van der Waals surface area contributed by atoms with Crippen molar-refractivity contribution in [2.24, 2.45) is 4.99 Å². The number of amides is 1. The molecule has 1 fully saturated rings. The molecular weight excluding hydrogens is 426 g/mol. The number of hydrogen-bond acceptors (Lipinski definition) is 7. The highest BCUT2D eigenvalue weighted by molar-refractivity contribution is 7.91. The maximum atomic E-state index is 12.8. The summed E-state index contributed by atoms with van der Waals surface area (Å²) in [4.78, 5) is 30.9. The van der Waals surface area contributed by atoms with Crippen molar-refractivity contribution in [3.63, 3.8) is 0 Å². The van der Waals surface area contributed by atoms with Gasteiger partial charge in [-0.2, -0.15) is 0 Å². The van der Waals surface area contributed by atoms with Gasteiger partial charge in [0.15, 0.2) is 9.84 Å². The van der Waals surface area contributed by atoms with Crippen LogP contribution >= 0.6 is 11.3 Å². The zero-order valence-electron chi connectivity index (χ0n) is 16.3. The fraction of sp³-hybridized carbons (Fsp3) is 0.350. The third-order valence-electron chi connectivity index (χ3n) is 5.34. The molecule has 2 aliphatic heterocycles. The van der Waals surface area contributed by atoms with Crippen LogP contribution in [0.5, 0.6) is 5.88 Å². The van der Waals surface area contributed by atoms with E-state index in [1.807, 2.05) is 24.3 Å². The number of aromatic hydroxyl groups is 1. The number of aromatic nitrogens is 1. The van der Waals surface area contributed by atoms with Crippen molar-refractivity contribution in [3.05, 3.63) is 44.4 Å². The normalized spacial score (nSPS) is 20.6. The van der Waals surface area contributed by atoms with Gasteiger partial charge < -0.3 is 10.0 Å². The average molecular weight is 448 g/mol. The molecule has 1 amide bonds. The number of likely N-dealkylation sites (N-methyl/N-ethyl adjacent to an activating group) is 1. The second-order valence-electron chi connectivity index (χ2n) is 7.25. The van der Waals surface area contributed by atoms with Crippen LogP contribution < -0.4 is 4.87 Å². The predicted molar refractivity (Wildman–Crippen MR) is 117 cm³/mol. The van der Waals surface area contributed by atoms with Crippen molar-refractivity contribution in [1.82, 2.24) is 9.47 Å². The monoisotopic (exact) mass is 447 g/mol. The molecule has 0 spiro atoms. The van der Waals surface area contributed by atoms with Gasteiger partial charge >= 0.3 is 4.87 Å². The number of hydrogen-bond donors (Lipinski definition) is 1. The number of benzene rings is 1. The molecule has 158 valence electrons. The van der Waals surface area contributed by atoms with E-state index in [0.717, 1.165) is 32.7 Å². The molecule has 1 aromatic carbocycles. The van der Waals surface area contributed by atoms with Crippen LogP contribution in [0.1, 0.15) is 23.8 Å². The van der Waals surface area contributed by atoms with Gasteiger partial charge in [0, 0.05) is 29.9 Å². The maximum absolute atomic E-state index is 12.8. The number of aliphatic imine (C=N–C) groups is 1. The lowest BCUT2D eigenvalue weighted by Crippen LogP contribution is -2.43. The Morgan fingerprint density at radius 1 is 1.40 bits per heavy atom. The molecule has 0 radical (unpaired) electrons. The number of thiazole rings is 1. The summed E-state index contributed by atoms with van der Waals surface area (Å²) >= 11 is 0.849. The Labute approximate surface area is 177 Å². The van der Waals surface area contributed by atoms with E-state index in [-0.39, 0.29) is 29.8 Å². The van der Waals surface area contributed by atoms with Crippen LogP contribution in [-0.2, 0) is 21.2 Å². The molecule has 1 atom stereocenters. The van der Waals surface area contributed by atoms with Crippen LogP contribution in [0.25, 0.3) is 11.6 Å². The zero-order valence-corrected chi connectivity index (χ0v) is 17.9. The minimum Gasteiger partial charge on any atom is -0.493 e. The molecule has 2 aromatic rings. The summed E-state index contributed by atoms with van der Waals surface area (Å²) in [5.41, 5.74) is 2.49. The first kappa shape index (κ1) is 20.5. The molecule has 0 aliphatic carbocycles. The molecule has 8 nitrogen and oxygen atoms in total. The van der Waals surface area contributed by atoms with E-state index in [0.29, 0.717) is 17.8 Å². The Kier molecular flexibility index (Phi) is 5.37. The Bertz CT molecular complexity index is 1220. The largest absolute Gasteiger partial charge is 0.493 e. The Hall–Kier alpha value is -2.72. The number of nitrogens with zero attached hydrogens (tertiary/aromatic N) is 3. The standard InChI is InChI=1S/C20H21N3O5S2/c1-2-22(14-7-8-30(27,28)12-14)18(24)11-23-19(25)17(29-20(23)26)9-13-10-21-16-6-4-3-5-15(13)16/h3-6,9-10,14,25H,2,7-8,11-12H2,1H3. The van der Waals surface area contributed by atoms with E-state index < -0.39 is 20.8 Å². The highest BCUT2D eigenvalue weighted by Gasteiger charge is 2.34. The summed E-state index contributed by atoms with van der Waals surface area (Å²) in [5.74, 6) is -0.667. The number of para-hydroxylation sites is 1. The predicted octanol–water partition coefficient (Wildman–Crippen LogP) is 1.91. The number of allylic oxidation sites excluding steroid dienone is 1. The first-order chi connectivity index (χ1) is 14.3. The van der Waals surface area contributed by atoms with E-state index in [1.54, 1.807) is 19.2 Å². The second-order valence-corrected chi connectivity index (χ2v) is 10.5. The molecule has 30 heavy (non-hydrogen) atoms. The van der Waals surface area contributed by atoms with Crippen molar-refractivity contribution in [1.29, 1.82) is 0 Å². The number of sulfone groups is 1. The fourth-order valence-corrected chi connectivity index (χ4v) is 6.40. The molecular formula is C20H21N3O5S2. The summed E-state index contributed by atoms with van der Waals surface area (Å²) in [6, 6.07) is 7.16. The van der Waals surface area contributed by atoms with E-state index in [9.17, 15) is 23.1 Å². The van der Waals surface area contributed by atoms with Crippen molar-refractivity contribution >= 4 is 50.6 Å². The molecule has 0 bridgehead atoms. The van der Waals surface area contributed by atoms with Gasteiger partial charge in [-0.3, -0.25) is 19.1 Å². The van der Waals surface area contributed by atoms with E-state index in [4.69, 9.17) is 0 Å². The highest BCUT2D eigenvalue weighted by atomic mass is 32.2. The first-order valence-electron chi connectivity index (χ1n) is 9.56. The number of carbonyl (C=O) groups excluding carboxylic acids is 1. The number of carbonyl (C=O) groups is 1. The SMILES string of the molecule is CCN(C(=O)Cn1c(O)c(C=C2C=Nc3ccccc32)sc1=O)C1CCS(=O)(=O)C1. The topological polar surface area (TPSA) is 109 Å². The van der Waals surface area contributed by atoms with E-state index >= 15 is 0 Å². The van der Waals surface area contributed by atoms with Gasteiger partial charge in [0.25, 0.3) is 0 Å². The Balaban J connectivity index is 1.57. The van der Waals surface area contributed by atoms with Gasteiger partial charge in [0.2, 0.25) is 11.8 Å². The highest BCUT2D eigenvalue weighted by Crippen LogP contribution is 2.34. The number of rotatable bonds is 5. The summed E-state index contributed by atoms with van der Waals surface area (Å²) in [6.45, 7) is 1.77. The third-order valence-corrected chi connectivity index (χ3v) is 8.01. The number of fused-ring (bicyclic) bond motifs is 1. The lowest BCUT2D eigenvalue weighted by Gasteiger charge is -2.27. The lowest BCUT2D eigenvalue weighted by atomic mass is 10.1. The Morgan fingerprint density at radius 2 is 2.17 bits per heavy atom. The van der Waals surface area contributed by atoms with Gasteiger partial charge in [-0.1, -0.05) is 29.5 Å². The summed E-state index contributed by atoms with van der Waals surface area (Å²) in [7, 11) is -3.14.